The first-order valence-electron chi connectivity index (χ1n) is 7.99. The van der Waals surface area contributed by atoms with Crippen LogP contribution in [0.15, 0.2) is 12.1 Å². The fourth-order valence-corrected chi connectivity index (χ4v) is 4.86. The number of piperidine rings is 1. The Labute approximate surface area is 151 Å². The smallest absolute Gasteiger partial charge is 0.230 e. The van der Waals surface area contributed by atoms with Crippen molar-refractivity contribution in [1.82, 2.24) is 9.29 Å². The molecule has 0 saturated carbocycles. The van der Waals surface area contributed by atoms with Gasteiger partial charge < -0.3 is 10.1 Å². The number of amides is 1. The van der Waals surface area contributed by atoms with Gasteiger partial charge in [-0.1, -0.05) is 17.4 Å². The first-order valence-corrected chi connectivity index (χ1v) is 10.7. The van der Waals surface area contributed by atoms with E-state index in [0.717, 1.165) is 15.8 Å². The number of aryl methyl sites for hydroxylation is 1. The topological polar surface area (TPSA) is 88.6 Å². The molecule has 1 saturated heterocycles. The Balaban J connectivity index is 1.79. The van der Waals surface area contributed by atoms with Crippen molar-refractivity contribution in [3.05, 3.63) is 17.7 Å². The van der Waals surface area contributed by atoms with Crippen LogP contribution in [0.5, 0.6) is 5.75 Å². The summed E-state index contributed by atoms with van der Waals surface area (Å²) in [5.74, 6) is 0.112. The molecule has 9 heteroatoms. The summed E-state index contributed by atoms with van der Waals surface area (Å²) in [4.78, 5) is 17.0. The molecule has 1 aromatic carbocycles. The monoisotopic (exact) mass is 383 g/mol. The lowest BCUT2D eigenvalue weighted by atomic mass is 9.99. The first-order chi connectivity index (χ1) is 11.8. The second kappa shape index (κ2) is 6.89. The second-order valence-corrected chi connectivity index (χ2v) is 9.21. The molecule has 1 amide bonds. The van der Waals surface area contributed by atoms with Crippen LogP contribution in [0.25, 0.3) is 10.2 Å². The van der Waals surface area contributed by atoms with E-state index in [-0.39, 0.29) is 18.4 Å². The van der Waals surface area contributed by atoms with Gasteiger partial charge in [-0.15, -0.1) is 0 Å². The van der Waals surface area contributed by atoms with Crippen LogP contribution >= 0.6 is 11.3 Å². The van der Waals surface area contributed by atoms with E-state index in [1.807, 2.05) is 19.1 Å². The standard InChI is InChI=1S/C16H21N3O4S2/c1-10-6-7-12(23-2)13-14(10)24-16(17-13)18-15(20)11-5-4-8-19(9-11)25(3,21)22/h6-7,11H,4-5,8-9H2,1-3H3,(H,17,18,20)/t11-/m0/s1. The highest BCUT2D eigenvalue weighted by molar-refractivity contribution is 7.88. The molecule has 1 aliphatic heterocycles. The van der Waals surface area contributed by atoms with Crippen molar-refractivity contribution in [2.75, 3.05) is 31.8 Å². The Morgan fingerprint density at radius 2 is 2.20 bits per heavy atom. The zero-order valence-corrected chi connectivity index (χ0v) is 16.0. The number of rotatable bonds is 4. The highest BCUT2D eigenvalue weighted by Gasteiger charge is 2.30. The molecule has 0 bridgehead atoms. The molecule has 0 radical (unpaired) electrons. The van der Waals surface area contributed by atoms with Crippen LogP contribution in [0.1, 0.15) is 18.4 Å². The van der Waals surface area contributed by atoms with E-state index in [1.54, 1.807) is 7.11 Å². The molecule has 1 N–H and O–H groups in total. The minimum absolute atomic E-state index is 0.191. The van der Waals surface area contributed by atoms with Crippen molar-refractivity contribution in [1.29, 1.82) is 0 Å². The second-order valence-electron chi connectivity index (χ2n) is 6.23. The summed E-state index contributed by atoms with van der Waals surface area (Å²) in [6.07, 6.45) is 2.53. The average Bonchev–Trinajstić information content (AvgIpc) is 2.99. The number of methoxy groups -OCH3 is 1. The number of carbonyl (C=O) groups is 1. The number of nitrogens with zero attached hydrogens (tertiary/aromatic N) is 2. The van der Waals surface area contributed by atoms with Gasteiger partial charge in [0.25, 0.3) is 0 Å². The average molecular weight is 383 g/mol. The van der Waals surface area contributed by atoms with Gasteiger partial charge in [-0.25, -0.2) is 17.7 Å². The summed E-state index contributed by atoms with van der Waals surface area (Å²) in [5, 5.41) is 3.35. The molecular weight excluding hydrogens is 362 g/mol. The molecule has 3 rings (SSSR count). The summed E-state index contributed by atoms with van der Waals surface area (Å²) in [5.41, 5.74) is 1.79. The van der Waals surface area contributed by atoms with Gasteiger partial charge in [-0.3, -0.25) is 4.79 Å². The molecular formula is C16H21N3O4S2. The van der Waals surface area contributed by atoms with E-state index in [0.29, 0.717) is 30.3 Å². The zero-order valence-electron chi connectivity index (χ0n) is 14.4. The number of carbonyl (C=O) groups excluding carboxylic acids is 1. The maximum Gasteiger partial charge on any atom is 0.230 e. The minimum atomic E-state index is -3.28. The highest BCUT2D eigenvalue weighted by atomic mass is 32.2. The Morgan fingerprint density at radius 1 is 1.44 bits per heavy atom. The minimum Gasteiger partial charge on any atom is -0.494 e. The van der Waals surface area contributed by atoms with Gasteiger partial charge in [0.15, 0.2) is 5.13 Å². The third-order valence-electron chi connectivity index (χ3n) is 4.38. The van der Waals surface area contributed by atoms with E-state index in [4.69, 9.17) is 4.74 Å². The van der Waals surface area contributed by atoms with Crippen molar-refractivity contribution in [3.8, 4) is 5.75 Å². The fraction of sp³-hybridized carbons (Fsp3) is 0.500. The lowest BCUT2D eigenvalue weighted by molar-refractivity contribution is -0.120. The predicted octanol–water partition coefficient (Wildman–Crippen LogP) is 2.22. The first kappa shape index (κ1) is 18.1. The molecule has 25 heavy (non-hydrogen) atoms. The predicted molar refractivity (Wildman–Crippen MR) is 98.7 cm³/mol. The van der Waals surface area contributed by atoms with Gasteiger partial charge >= 0.3 is 0 Å². The molecule has 136 valence electrons. The normalized spacial score (nSPS) is 19.1. The number of sulfonamides is 1. The van der Waals surface area contributed by atoms with Crippen LogP contribution in [0.4, 0.5) is 5.13 Å². The summed E-state index contributed by atoms with van der Waals surface area (Å²) < 4.78 is 31.1. The molecule has 0 spiro atoms. The van der Waals surface area contributed by atoms with E-state index >= 15 is 0 Å². The van der Waals surface area contributed by atoms with Crippen molar-refractivity contribution < 1.29 is 17.9 Å². The van der Waals surface area contributed by atoms with Gasteiger partial charge in [0, 0.05) is 13.1 Å². The lowest BCUT2D eigenvalue weighted by Gasteiger charge is -2.29. The van der Waals surface area contributed by atoms with Crippen LogP contribution in [0.3, 0.4) is 0 Å². The Morgan fingerprint density at radius 3 is 2.88 bits per heavy atom. The molecule has 7 nitrogen and oxygen atoms in total. The molecule has 0 unspecified atom stereocenters. The molecule has 1 aliphatic rings. The Kier molecular flexibility index (Phi) is 4.99. The number of aromatic nitrogens is 1. The molecule has 2 aromatic rings. The van der Waals surface area contributed by atoms with Crippen LogP contribution in [-0.2, 0) is 14.8 Å². The maximum absolute atomic E-state index is 12.6. The van der Waals surface area contributed by atoms with Crippen molar-refractivity contribution >= 4 is 42.6 Å². The van der Waals surface area contributed by atoms with Crippen LogP contribution in [0, 0.1) is 12.8 Å². The fourth-order valence-electron chi connectivity index (χ4n) is 2.99. The summed E-state index contributed by atoms with van der Waals surface area (Å²) in [6.45, 7) is 2.68. The molecule has 1 fully saturated rings. The van der Waals surface area contributed by atoms with E-state index in [2.05, 4.69) is 10.3 Å². The largest absolute Gasteiger partial charge is 0.494 e. The van der Waals surface area contributed by atoms with Crippen molar-refractivity contribution in [3.63, 3.8) is 0 Å². The highest BCUT2D eigenvalue weighted by Crippen LogP contribution is 2.35. The number of fused-ring (bicyclic) bond motifs is 1. The number of anilines is 1. The number of nitrogens with one attached hydrogen (secondary N) is 1. The van der Waals surface area contributed by atoms with E-state index < -0.39 is 10.0 Å². The third kappa shape index (κ3) is 3.78. The van der Waals surface area contributed by atoms with Gasteiger partial charge in [-0.2, -0.15) is 0 Å². The van der Waals surface area contributed by atoms with Gasteiger partial charge in [0.2, 0.25) is 15.9 Å². The molecule has 0 aliphatic carbocycles. The van der Waals surface area contributed by atoms with Crippen LogP contribution < -0.4 is 10.1 Å². The van der Waals surface area contributed by atoms with Gasteiger partial charge in [-0.05, 0) is 31.4 Å². The third-order valence-corrected chi connectivity index (χ3v) is 6.75. The number of benzene rings is 1. The molecule has 2 heterocycles. The zero-order chi connectivity index (χ0) is 18.2. The maximum atomic E-state index is 12.6. The Bertz CT molecular complexity index is 907. The summed E-state index contributed by atoms with van der Waals surface area (Å²) >= 11 is 1.40. The summed E-state index contributed by atoms with van der Waals surface area (Å²) in [6, 6.07) is 3.81. The number of ether oxygens (including phenoxy) is 1. The Hall–Kier alpha value is -1.71. The summed E-state index contributed by atoms with van der Waals surface area (Å²) in [7, 11) is -1.69. The van der Waals surface area contributed by atoms with Gasteiger partial charge in [0.05, 0.1) is 24.0 Å². The van der Waals surface area contributed by atoms with Crippen LogP contribution in [-0.4, -0.2) is 50.1 Å². The number of hydrogen-bond acceptors (Lipinski definition) is 6. The van der Waals surface area contributed by atoms with E-state index in [1.165, 1.54) is 21.9 Å². The van der Waals surface area contributed by atoms with Gasteiger partial charge in [0.1, 0.15) is 11.3 Å². The quantitative estimate of drug-likeness (QED) is 0.875. The van der Waals surface area contributed by atoms with Crippen molar-refractivity contribution in [2.24, 2.45) is 5.92 Å². The van der Waals surface area contributed by atoms with Crippen molar-refractivity contribution in [2.45, 2.75) is 19.8 Å². The number of hydrogen-bond donors (Lipinski definition) is 1. The molecule has 1 aromatic heterocycles. The van der Waals surface area contributed by atoms with E-state index in [9.17, 15) is 13.2 Å². The SMILES string of the molecule is COc1ccc(C)c2sc(NC(=O)[C@H]3CCCN(S(C)(=O)=O)C3)nc12. The van der Waals surface area contributed by atoms with Crippen LogP contribution in [0.2, 0.25) is 0 Å². The molecule has 1 atom stereocenters. The number of thiazole rings is 1. The lowest BCUT2D eigenvalue weighted by Crippen LogP contribution is -2.43.